The van der Waals surface area contributed by atoms with Crippen LogP contribution in [-0.4, -0.2) is 24.3 Å². The number of ether oxygens (including phenoxy) is 1. The first-order chi connectivity index (χ1) is 5.13. The highest BCUT2D eigenvalue weighted by Crippen LogP contribution is 2.02. The topological polar surface area (TPSA) is 46.5 Å². The summed E-state index contributed by atoms with van der Waals surface area (Å²) in [6, 6.07) is 0. The minimum atomic E-state index is -0.894. The van der Waals surface area contributed by atoms with E-state index in [-0.39, 0.29) is 6.61 Å². The van der Waals surface area contributed by atoms with Gasteiger partial charge in [0.05, 0.1) is 0 Å². The van der Waals surface area contributed by atoms with Crippen LogP contribution in [0.3, 0.4) is 0 Å². The van der Waals surface area contributed by atoms with E-state index in [9.17, 15) is 4.79 Å². The fourth-order valence-corrected chi connectivity index (χ4v) is 0.753. The van der Waals surface area contributed by atoms with Crippen LogP contribution in [0, 0.1) is 5.92 Å². The molecule has 0 amide bonds. The first kappa shape index (κ1) is 10.4. The second kappa shape index (κ2) is 6.16. The highest BCUT2D eigenvalue weighted by molar-refractivity contribution is 5.67. The molecular formula is C8H16O3. The van der Waals surface area contributed by atoms with Crippen molar-refractivity contribution in [2.24, 2.45) is 5.92 Å². The summed E-state index contributed by atoms with van der Waals surface area (Å²) in [5, 5.41) is 8.20. The summed E-state index contributed by atoms with van der Waals surface area (Å²) in [6.45, 7) is 4.66. The van der Waals surface area contributed by atoms with Crippen LogP contribution in [0.25, 0.3) is 0 Å². The summed E-state index contributed by atoms with van der Waals surface area (Å²) >= 11 is 0. The van der Waals surface area contributed by atoms with Crippen molar-refractivity contribution in [2.75, 3.05) is 13.2 Å². The molecule has 0 aromatic heterocycles. The predicted octanol–water partition coefficient (Wildman–Crippen LogP) is 1.52. The first-order valence-electron chi connectivity index (χ1n) is 3.92. The maximum atomic E-state index is 9.97. The van der Waals surface area contributed by atoms with Crippen LogP contribution in [0.4, 0.5) is 0 Å². The van der Waals surface area contributed by atoms with Crippen molar-refractivity contribution in [1.82, 2.24) is 0 Å². The van der Waals surface area contributed by atoms with Crippen molar-refractivity contribution in [2.45, 2.75) is 26.7 Å². The van der Waals surface area contributed by atoms with Gasteiger partial charge in [-0.2, -0.15) is 0 Å². The molecule has 0 aromatic rings. The fraction of sp³-hybridized carbons (Fsp3) is 0.875. The lowest BCUT2D eigenvalue weighted by atomic mass is 10.1. The third-order valence-electron chi connectivity index (χ3n) is 1.30. The van der Waals surface area contributed by atoms with Gasteiger partial charge in [-0.05, 0) is 18.8 Å². The lowest BCUT2D eigenvalue weighted by molar-refractivity contribution is -0.142. The van der Waals surface area contributed by atoms with Gasteiger partial charge in [0, 0.05) is 6.61 Å². The number of hydrogen-bond donors (Lipinski definition) is 1. The zero-order valence-electron chi connectivity index (χ0n) is 7.17. The van der Waals surface area contributed by atoms with E-state index in [2.05, 4.69) is 13.8 Å². The van der Waals surface area contributed by atoms with Gasteiger partial charge in [-0.1, -0.05) is 13.8 Å². The molecule has 0 radical (unpaired) electrons. The summed E-state index contributed by atoms with van der Waals surface area (Å²) in [6.07, 6.45) is 2.05. The van der Waals surface area contributed by atoms with Crippen LogP contribution >= 0.6 is 0 Å². The molecule has 0 saturated carbocycles. The number of aliphatic carboxylic acids is 1. The molecule has 3 heteroatoms. The average Bonchev–Trinajstić information content (AvgIpc) is 1.85. The SMILES string of the molecule is CC(C)CCCOCC(=O)O. The zero-order valence-corrected chi connectivity index (χ0v) is 7.17. The van der Waals surface area contributed by atoms with Gasteiger partial charge < -0.3 is 9.84 Å². The lowest BCUT2D eigenvalue weighted by Crippen LogP contribution is -2.08. The van der Waals surface area contributed by atoms with E-state index in [0.717, 1.165) is 12.8 Å². The summed E-state index contributed by atoms with van der Waals surface area (Å²) in [5.41, 5.74) is 0. The fourth-order valence-electron chi connectivity index (χ4n) is 0.753. The highest BCUT2D eigenvalue weighted by atomic mass is 16.5. The standard InChI is InChI=1S/C8H16O3/c1-7(2)4-3-5-11-6-8(9)10/h7H,3-6H2,1-2H3,(H,9,10). The molecule has 0 rings (SSSR count). The van der Waals surface area contributed by atoms with Gasteiger partial charge in [0.1, 0.15) is 6.61 Å². The molecular weight excluding hydrogens is 144 g/mol. The third kappa shape index (κ3) is 9.43. The average molecular weight is 160 g/mol. The second-order valence-electron chi connectivity index (χ2n) is 2.98. The minimum absolute atomic E-state index is 0.169. The van der Waals surface area contributed by atoms with Gasteiger partial charge in [0.25, 0.3) is 0 Å². The first-order valence-corrected chi connectivity index (χ1v) is 3.92. The smallest absolute Gasteiger partial charge is 0.329 e. The van der Waals surface area contributed by atoms with E-state index >= 15 is 0 Å². The number of carboxylic acids is 1. The van der Waals surface area contributed by atoms with Crippen LogP contribution < -0.4 is 0 Å². The predicted molar refractivity (Wildman–Crippen MR) is 42.5 cm³/mol. The Balaban J connectivity index is 2.97. The van der Waals surface area contributed by atoms with Crippen molar-refractivity contribution < 1.29 is 14.6 Å². The maximum absolute atomic E-state index is 9.97. The Bertz CT molecular complexity index is 110. The van der Waals surface area contributed by atoms with Gasteiger partial charge in [-0.3, -0.25) is 0 Å². The second-order valence-corrected chi connectivity index (χ2v) is 2.98. The molecule has 0 fully saturated rings. The number of carbonyl (C=O) groups is 1. The molecule has 0 aliphatic rings. The van der Waals surface area contributed by atoms with Crippen molar-refractivity contribution in [3.8, 4) is 0 Å². The molecule has 0 aromatic carbocycles. The molecule has 0 unspecified atom stereocenters. The summed E-state index contributed by atoms with van der Waals surface area (Å²) in [7, 11) is 0. The van der Waals surface area contributed by atoms with E-state index in [1.54, 1.807) is 0 Å². The Morgan fingerprint density at radius 2 is 2.18 bits per heavy atom. The molecule has 3 nitrogen and oxygen atoms in total. The van der Waals surface area contributed by atoms with Gasteiger partial charge in [0.2, 0.25) is 0 Å². The summed E-state index contributed by atoms with van der Waals surface area (Å²) in [4.78, 5) is 9.97. The molecule has 0 heterocycles. The van der Waals surface area contributed by atoms with E-state index in [0.29, 0.717) is 12.5 Å². The van der Waals surface area contributed by atoms with Gasteiger partial charge in [0.15, 0.2) is 0 Å². The third-order valence-corrected chi connectivity index (χ3v) is 1.30. The van der Waals surface area contributed by atoms with Crippen LogP contribution in [0.2, 0.25) is 0 Å². The van der Waals surface area contributed by atoms with E-state index in [1.807, 2.05) is 0 Å². The van der Waals surface area contributed by atoms with Gasteiger partial charge in [-0.25, -0.2) is 4.79 Å². The largest absolute Gasteiger partial charge is 0.480 e. The van der Waals surface area contributed by atoms with E-state index in [1.165, 1.54) is 0 Å². The highest BCUT2D eigenvalue weighted by Gasteiger charge is 1.96. The molecule has 11 heavy (non-hydrogen) atoms. The molecule has 0 spiro atoms. The Labute approximate surface area is 67.4 Å². The Kier molecular flexibility index (Phi) is 5.84. The maximum Gasteiger partial charge on any atom is 0.329 e. The molecule has 0 atom stereocenters. The van der Waals surface area contributed by atoms with Crippen molar-refractivity contribution in [3.63, 3.8) is 0 Å². The van der Waals surface area contributed by atoms with Crippen LogP contribution in [-0.2, 0) is 9.53 Å². The molecule has 0 saturated heterocycles. The zero-order chi connectivity index (χ0) is 8.69. The molecule has 66 valence electrons. The van der Waals surface area contributed by atoms with Crippen LogP contribution in [0.15, 0.2) is 0 Å². The molecule has 0 aliphatic carbocycles. The summed E-state index contributed by atoms with van der Waals surface area (Å²) in [5.74, 6) is -0.224. The van der Waals surface area contributed by atoms with Crippen molar-refractivity contribution in [3.05, 3.63) is 0 Å². The monoisotopic (exact) mass is 160 g/mol. The van der Waals surface area contributed by atoms with Gasteiger partial charge in [-0.15, -0.1) is 0 Å². The Morgan fingerprint density at radius 3 is 2.64 bits per heavy atom. The quantitative estimate of drug-likeness (QED) is 0.599. The van der Waals surface area contributed by atoms with E-state index < -0.39 is 5.97 Å². The molecule has 0 bridgehead atoms. The lowest BCUT2D eigenvalue weighted by Gasteiger charge is -2.03. The summed E-state index contributed by atoms with van der Waals surface area (Å²) < 4.78 is 4.85. The molecule has 1 N–H and O–H groups in total. The minimum Gasteiger partial charge on any atom is -0.480 e. The van der Waals surface area contributed by atoms with Gasteiger partial charge >= 0.3 is 5.97 Å². The number of carboxylic acid groups (broad SMARTS) is 1. The number of hydrogen-bond acceptors (Lipinski definition) is 2. The normalized spacial score (nSPS) is 10.5. The van der Waals surface area contributed by atoms with Crippen molar-refractivity contribution >= 4 is 5.97 Å². The van der Waals surface area contributed by atoms with Crippen molar-refractivity contribution in [1.29, 1.82) is 0 Å². The van der Waals surface area contributed by atoms with E-state index in [4.69, 9.17) is 9.84 Å². The van der Waals surface area contributed by atoms with Crippen LogP contribution in [0.5, 0.6) is 0 Å². The Morgan fingerprint density at radius 1 is 1.55 bits per heavy atom. The number of rotatable bonds is 6. The molecule has 0 aliphatic heterocycles. The Hall–Kier alpha value is -0.570. The van der Waals surface area contributed by atoms with Crippen LogP contribution in [0.1, 0.15) is 26.7 Å².